The van der Waals surface area contributed by atoms with Crippen molar-refractivity contribution in [2.75, 3.05) is 32.1 Å². The molecule has 1 aromatic carbocycles. The Bertz CT molecular complexity index is 751. The average molecular weight is 396 g/mol. The maximum Gasteiger partial charge on any atom is 0.407 e. The highest BCUT2D eigenvalue weighted by Gasteiger charge is 2.36. The molecule has 27 heavy (non-hydrogen) atoms. The Balaban J connectivity index is 1.93. The molecule has 0 atom stereocenters. The molecule has 4 amide bonds. The van der Waals surface area contributed by atoms with Crippen molar-refractivity contribution in [2.24, 2.45) is 5.92 Å². The SMILES string of the molecule is CC(C)CN1C(=O)c2ccc(C(=O)NCCNC(=O)OCCCl)cc2C1=O. The minimum atomic E-state index is -0.614. The van der Waals surface area contributed by atoms with Crippen LogP contribution in [0.3, 0.4) is 0 Å². The molecule has 0 fully saturated rings. The van der Waals surface area contributed by atoms with Gasteiger partial charge in [0.05, 0.1) is 17.0 Å². The first-order valence-corrected chi connectivity index (χ1v) is 9.13. The summed E-state index contributed by atoms with van der Waals surface area (Å²) in [6.07, 6.45) is -0.614. The molecule has 0 aliphatic carbocycles. The minimum absolute atomic E-state index is 0.107. The maximum absolute atomic E-state index is 12.4. The van der Waals surface area contributed by atoms with Crippen molar-refractivity contribution in [1.82, 2.24) is 15.5 Å². The molecule has 1 aromatic rings. The van der Waals surface area contributed by atoms with Crippen molar-refractivity contribution in [2.45, 2.75) is 13.8 Å². The number of carbonyl (C=O) groups is 4. The molecule has 8 nitrogen and oxygen atoms in total. The minimum Gasteiger partial charge on any atom is -0.448 e. The molecule has 1 aliphatic rings. The van der Waals surface area contributed by atoms with Crippen LogP contribution in [0.2, 0.25) is 0 Å². The summed E-state index contributed by atoms with van der Waals surface area (Å²) in [5.74, 6) is -0.773. The van der Waals surface area contributed by atoms with Gasteiger partial charge in [0.2, 0.25) is 0 Å². The second-order valence-electron chi connectivity index (χ2n) is 6.38. The van der Waals surface area contributed by atoms with Gasteiger partial charge in [0.25, 0.3) is 17.7 Å². The maximum atomic E-state index is 12.4. The zero-order valence-corrected chi connectivity index (χ0v) is 16.0. The van der Waals surface area contributed by atoms with Crippen LogP contribution >= 0.6 is 11.6 Å². The van der Waals surface area contributed by atoms with Gasteiger partial charge < -0.3 is 15.4 Å². The van der Waals surface area contributed by atoms with Gasteiger partial charge >= 0.3 is 6.09 Å². The highest BCUT2D eigenvalue weighted by Crippen LogP contribution is 2.24. The zero-order valence-electron chi connectivity index (χ0n) is 15.2. The molecule has 2 N–H and O–H groups in total. The predicted octanol–water partition coefficient (Wildman–Crippen LogP) is 1.63. The summed E-state index contributed by atoms with van der Waals surface area (Å²) in [6, 6.07) is 4.42. The number of nitrogens with one attached hydrogen (secondary N) is 2. The number of rotatable bonds is 8. The summed E-state index contributed by atoms with van der Waals surface area (Å²) < 4.78 is 4.72. The van der Waals surface area contributed by atoms with Crippen molar-refractivity contribution < 1.29 is 23.9 Å². The first kappa shape index (κ1) is 20.7. The van der Waals surface area contributed by atoms with Crippen LogP contribution in [0.15, 0.2) is 18.2 Å². The molecule has 0 saturated heterocycles. The molecule has 0 radical (unpaired) electrons. The molecule has 9 heteroatoms. The lowest BCUT2D eigenvalue weighted by Gasteiger charge is -2.15. The Kier molecular flexibility index (Phi) is 7.18. The summed E-state index contributed by atoms with van der Waals surface area (Å²) in [6.45, 7) is 4.63. The monoisotopic (exact) mass is 395 g/mol. The number of benzene rings is 1. The van der Waals surface area contributed by atoms with Crippen molar-refractivity contribution in [3.63, 3.8) is 0 Å². The number of alkyl carbamates (subject to hydrolysis) is 1. The number of carbonyl (C=O) groups excluding carboxylic acids is 4. The number of hydrogen-bond acceptors (Lipinski definition) is 5. The molecule has 0 saturated carbocycles. The molecule has 0 bridgehead atoms. The van der Waals surface area contributed by atoms with E-state index in [0.717, 1.165) is 0 Å². The van der Waals surface area contributed by atoms with Crippen LogP contribution in [0.25, 0.3) is 0 Å². The Hall–Kier alpha value is -2.61. The smallest absolute Gasteiger partial charge is 0.407 e. The van der Waals surface area contributed by atoms with E-state index < -0.39 is 12.0 Å². The molecule has 2 rings (SSSR count). The number of alkyl halides is 1. The van der Waals surface area contributed by atoms with Gasteiger partial charge in [-0.2, -0.15) is 0 Å². The van der Waals surface area contributed by atoms with Crippen molar-refractivity contribution in [3.8, 4) is 0 Å². The fourth-order valence-corrected chi connectivity index (χ4v) is 2.67. The first-order chi connectivity index (χ1) is 12.8. The third-order valence-corrected chi connectivity index (χ3v) is 3.93. The van der Waals surface area contributed by atoms with E-state index in [1.807, 2.05) is 13.8 Å². The first-order valence-electron chi connectivity index (χ1n) is 8.60. The highest BCUT2D eigenvalue weighted by atomic mass is 35.5. The number of hydrogen-bond donors (Lipinski definition) is 2. The van der Waals surface area contributed by atoms with Crippen LogP contribution in [0.4, 0.5) is 4.79 Å². The lowest BCUT2D eigenvalue weighted by molar-refractivity contribution is 0.0636. The standard InChI is InChI=1S/C18H22ClN3O5/c1-11(2)10-22-16(24)13-4-3-12(9-14(13)17(22)25)15(23)20-6-7-21-18(26)27-8-5-19/h3-4,9,11H,5-8,10H2,1-2H3,(H,20,23)(H,21,26). The summed E-state index contributed by atoms with van der Waals surface area (Å²) >= 11 is 5.40. The van der Waals surface area contributed by atoms with Gasteiger partial charge in [-0.25, -0.2) is 4.79 Å². The van der Waals surface area contributed by atoms with Crippen molar-refractivity contribution >= 4 is 35.4 Å². The number of nitrogens with zero attached hydrogens (tertiary/aromatic N) is 1. The predicted molar refractivity (Wildman–Crippen MR) is 99.1 cm³/mol. The number of amides is 4. The fraction of sp³-hybridized carbons (Fsp3) is 0.444. The second kappa shape index (κ2) is 9.36. The number of fused-ring (bicyclic) bond motifs is 1. The Morgan fingerprint density at radius 2 is 1.78 bits per heavy atom. The van der Waals surface area contributed by atoms with E-state index in [4.69, 9.17) is 16.3 Å². The molecular weight excluding hydrogens is 374 g/mol. The summed E-state index contributed by atoms with van der Waals surface area (Å²) in [5, 5.41) is 5.09. The third-order valence-electron chi connectivity index (χ3n) is 3.77. The van der Waals surface area contributed by atoms with Crippen LogP contribution in [0.1, 0.15) is 44.9 Å². The number of halogens is 1. The van der Waals surface area contributed by atoms with E-state index in [1.54, 1.807) is 0 Å². The van der Waals surface area contributed by atoms with Gasteiger partial charge in [0.1, 0.15) is 6.61 Å². The Morgan fingerprint density at radius 1 is 1.11 bits per heavy atom. The van der Waals surface area contributed by atoms with E-state index >= 15 is 0 Å². The molecule has 0 aromatic heterocycles. The third kappa shape index (κ3) is 5.19. The van der Waals surface area contributed by atoms with Crippen molar-refractivity contribution in [3.05, 3.63) is 34.9 Å². The molecule has 0 spiro atoms. The lowest BCUT2D eigenvalue weighted by atomic mass is 10.1. The molecule has 1 aliphatic heterocycles. The molecule has 0 unspecified atom stereocenters. The number of imide groups is 1. The van der Waals surface area contributed by atoms with Gasteiger partial charge in [-0.15, -0.1) is 11.6 Å². The largest absolute Gasteiger partial charge is 0.448 e. The molecular formula is C18H22ClN3O5. The number of ether oxygens (including phenoxy) is 1. The average Bonchev–Trinajstić information content (AvgIpc) is 2.87. The summed E-state index contributed by atoms with van der Waals surface area (Å²) in [7, 11) is 0. The normalized spacial score (nSPS) is 13.0. The highest BCUT2D eigenvalue weighted by molar-refractivity contribution is 6.22. The molecule has 146 valence electrons. The van der Waals surface area contributed by atoms with E-state index in [2.05, 4.69) is 10.6 Å². The van der Waals surface area contributed by atoms with Gasteiger partial charge in [-0.05, 0) is 24.1 Å². The van der Waals surface area contributed by atoms with Gasteiger partial charge in [0, 0.05) is 25.2 Å². The lowest BCUT2D eigenvalue weighted by Crippen LogP contribution is -2.35. The summed E-state index contributed by atoms with van der Waals surface area (Å²) in [5.41, 5.74) is 0.808. The topological polar surface area (TPSA) is 105 Å². The van der Waals surface area contributed by atoms with E-state index in [-0.39, 0.29) is 54.4 Å². The van der Waals surface area contributed by atoms with Crippen LogP contribution in [-0.4, -0.2) is 60.8 Å². The van der Waals surface area contributed by atoms with Crippen LogP contribution in [0.5, 0.6) is 0 Å². The van der Waals surface area contributed by atoms with E-state index in [0.29, 0.717) is 12.1 Å². The quantitative estimate of drug-likeness (QED) is 0.395. The van der Waals surface area contributed by atoms with Crippen LogP contribution < -0.4 is 10.6 Å². The van der Waals surface area contributed by atoms with Gasteiger partial charge in [-0.3, -0.25) is 19.3 Å². The van der Waals surface area contributed by atoms with Crippen LogP contribution in [0, 0.1) is 5.92 Å². The second-order valence-corrected chi connectivity index (χ2v) is 6.76. The molecule has 1 heterocycles. The van der Waals surface area contributed by atoms with Crippen LogP contribution in [-0.2, 0) is 4.74 Å². The zero-order chi connectivity index (χ0) is 20.0. The van der Waals surface area contributed by atoms with Crippen molar-refractivity contribution in [1.29, 1.82) is 0 Å². The summed E-state index contributed by atoms with van der Waals surface area (Å²) in [4.78, 5) is 49.4. The Morgan fingerprint density at radius 3 is 2.44 bits per heavy atom. The van der Waals surface area contributed by atoms with E-state index in [9.17, 15) is 19.2 Å². The van der Waals surface area contributed by atoms with Gasteiger partial charge in [0.15, 0.2) is 0 Å². The fourth-order valence-electron chi connectivity index (χ4n) is 2.59. The van der Waals surface area contributed by atoms with Gasteiger partial charge in [-0.1, -0.05) is 13.8 Å². The Labute approximate surface area is 162 Å². The van der Waals surface area contributed by atoms with E-state index in [1.165, 1.54) is 23.1 Å².